The van der Waals surface area contributed by atoms with Crippen LogP contribution in [0, 0.1) is 11.8 Å². The lowest BCUT2D eigenvalue weighted by Gasteiger charge is -2.27. The van der Waals surface area contributed by atoms with Gasteiger partial charge in [-0.1, -0.05) is 39.8 Å². The second-order valence-electron chi connectivity index (χ2n) is 7.45. The number of rotatable bonds is 4. The maximum Gasteiger partial charge on any atom is 0.226 e. The van der Waals surface area contributed by atoms with Crippen LogP contribution in [0.3, 0.4) is 0 Å². The molecule has 138 valence electrons. The van der Waals surface area contributed by atoms with Crippen LogP contribution in [0.25, 0.3) is 11.3 Å². The minimum absolute atomic E-state index is 0.00386. The number of nitrogens with one attached hydrogen (secondary N) is 1. The number of carbonyl (C=O) groups is 2. The topological polar surface area (TPSA) is 62.6 Å². The van der Waals surface area contributed by atoms with Gasteiger partial charge >= 0.3 is 0 Å². The summed E-state index contributed by atoms with van der Waals surface area (Å²) in [4.78, 5) is 26.0. The molecule has 5 nitrogen and oxygen atoms in total. The summed E-state index contributed by atoms with van der Waals surface area (Å²) in [6.07, 6.45) is 0.734. The van der Waals surface area contributed by atoms with Gasteiger partial charge in [-0.2, -0.15) is 0 Å². The van der Waals surface area contributed by atoms with Crippen molar-refractivity contribution in [3.05, 3.63) is 41.7 Å². The summed E-state index contributed by atoms with van der Waals surface area (Å²) in [5, 5.41) is 2.91. The molecule has 1 aliphatic rings. The van der Waals surface area contributed by atoms with Gasteiger partial charge in [-0.15, -0.1) is 0 Å². The number of anilines is 1. The number of hydrogen-bond donors (Lipinski definition) is 1. The van der Waals surface area contributed by atoms with E-state index in [1.54, 1.807) is 0 Å². The van der Waals surface area contributed by atoms with Crippen molar-refractivity contribution in [3.8, 4) is 11.3 Å². The van der Waals surface area contributed by atoms with Crippen LogP contribution in [0.1, 0.15) is 39.0 Å². The zero-order chi connectivity index (χ0) is 18.8. The van der Waals surface area contributed by atoms with Gasteiger partial charge in [0.1, 0.15) is 11.5 Å². The summed E-state index contributed by atoms with van der Waals surface area (Å²) >= 11 is 0. The predicted molar refractivity (Wildman–Crippen MR) is 102 cm³/mol. The van der Waals surface area contributed by atoms with Crippen molar-refractivity contribution in [2.24, 2.45) is 11.8 Å². The summed E-state index contributed by atoms with van der Waals surface area (Å²) < 4.78 is 6.04. The number of fused-ring (bicyclic) bond motifs is 1. The van der Waals surface area contributed by atoms with Crippen LogP contribution in [0.2, 0.25) is 0 Å². The molecule has 2 aromatic rings. The molecule has 1 aliphatic heterocycles. The normalized spacial score (nSPS) is 13.8. The van der Waals surface area contributed by atoms with Gasteiger partial charge in [0.2, 0.25) is 11.8 Å². The molecule has 2 amide bonds. The lowest BCUT2D eigenvalue weighted by molar-refractivity contribution is -0.135. The molecule has 0 saturated carbocycles. The highest BCUT2D eigenvalue weighted by Gasteiger charge is 2.25. The van der Waals surface area contributed by atoms with E-state index in [9.17, 15) is 9.59 Å². The van der Waals surface area contributed by atoms with Crippen molar-refractivity contribution in [1.82, 2.24) is 4.90 Å². The highest BCUT2D eigenvalue weighted by atomic mass is 16.3. The maximum atomic E-state index is 12.2. The Morgan fingerprint density at radius 3 is 2.58 bits per heavy atom. The second kappa shape index (κ2) is 7.36. The van der Waals surface area contributed by atoms with Crippen LogP contribution >= 0.6 is 0 Å². The lowest BCUT2D eigenvalue weighted by atomic mass is 10.1. The molecular weight excluding hydrogens is 328 g/mol. The molecule has 2 heterocycles. The molecule has 26 heavy (non-hydrogen) atoms. The van der Waals surface area contributed by atoms with E-state index in [1.807, 2.05) is 62.9 Å². The van der Waals surface area contributed by atoms with Crippen LogP contribution in [-0.2, 0) is 22.6 Å². The van der Waals surface area contributed by atoms with E-state index in [4.69, 9.17) is 4.42 Å². The molecule has 0 aliphatic carbocycles. The van der Waals surface area contributed by atoms with Crippen molar-refractivity contribution >= 4 is 17.5 Å². The molecule has 0 radical (unpaired) electrons. The van der Waals surface area contributed by atoms with E-state index in [1.165, 1.54) is 0 Å². The van der Waals surface area contributed by atoms with Gasteiger partial charge in [-0.3, -0.25) is 9.59 Å². The second-order valence-corrected chi connectivity index (χ2v) is 7.45. The molecule has 0 atom stereocenters. The maximum absolute atomic E-state index is 12.2. The van der Waals surface area contributed by atoms with Crippen molar-refractivity contribution in [1.29, 1.82) is 0 Å². The zero-order valence-electron chi connectivity index (χ0n) is 15.8. The molecule has 0 fully saturated rings. The van der Waals surface area contributed by atoms with E-state index < -0.39 is 0 Å². The molecule has 1 aromatic heterocycles. The van der Waals surface area contributed by atoms with Crippen LogP contribution in [0.5, 0.6) is 0 Å². The van der Waals surface area contributed by atoms with Gasteiger partial charge in [0.05, 0.1) is 0 Å². The first-order valence-corrected chi connectivity index (χ1v) is 9.17. The minimum Gasteiger partial charge on any atom is -0.461 e. The molecule has 3 rings (SSSR count). The summed E-state index contributed by atoms with van der Waals surface area (Å²) in [6, 6.07) is 9.67. The molecule has 0 spiro atoms. The fourth-order valence-corrected chi connectivity index (χ4v) is 3.07. The van der Waals surface area contributed by atoms with Gasteiger partial charge in [0.25, 0.3) is 0 Å². The number of nitrogens with zero attached hydrogens (tertiary/aromatic N) is 1. The quantitative estimate of drug-likeness (QED) is 0.900. The third-order valence-electron chi connectivity index (χ3n) is 4.61. The molecular formula is C21H26N2O3. The van der Waals surface area contributed by atoms with Gasteiger partial charge in [0.15, 0.2) is 0 Å². The Labute approximate surface area is 154 Å². The molecule has 1 N–H and O–H groups in total. The largest absolute Gasteiger partial charge is 0.461 e. The Bertz CT molecular complexity index is 820. The number of hydrogen-bond acceptors (Lipinski definition) is 3. The average Bonchev–Trinajstić information content (AvgIpc) is 3.04. The van der Waals surface area contributed by atoms with Gasteiger partial charge in [0, 0.05) is 48.2 Å². The SMILES string of the molecule is CC(C)C(=O)Nc1cccc(-c2cc3c(o2)CCN(C(=O)C(C)C)C3)c1. The van der Waals surface area contributed by atoms with Crippen LogP contribution in [0.15, 0.2) is 34.7 Å². The Morgan fingerprint density at radius 2 is 1.88 bits per heavy atom. The fourth-order valence-electron chi connectivity index (χ4n) is 3.07. The van der Waals surface area contributed by atoms with Gasteiger partial charge in [-0.25, -0.2) is 0 Å². The Hall–Kier alpha value is -2.56. The van der Waals surface area contributed by atoms with E-state index in [-0.39, 0.29) is 23.7 Å². The summed E-state index contributed by atoms with van der Waals surface area (Å²) in [6.45, 7) is 8.88. The van der Waals surface area contributed by atoms with Crippen LogP contribution < -0.4 is 5.32 Å². The summed E-state index contributed by atoms with van der Waals surface area (Å²) in [7, 11) is 0. The molecule has 5 heteroatoms. The Balaban J connectivity index is 1.80. The summed E-state index contributed by atoms with van der Waals surface area (Å²) in [5.41, 5.74) is 2.74. The van der Waals surface area contributed by atoms with Crippen LogP contribution in [-0.4, -0.2) is 23.3 Å². The Morgan fingerprint density at radius 1 is 1.12 bits per heavy atom. The highest BCUT2D eigenvalue weighted by Crippen LogP contribution is 2.31. The zero-order valence-corrected chi connectivity index (χ0v) is 15.8. The third-order valence-corrected chi connectivity index (χ3v) is 4.61. The Kier molecular flexibility index (Phi) is 5.16. The standard InChI is InChI=1S/C21H26N2O3/c1-13(2)20(24)22-17-7-5-6-15(10-17)19-11-16-12-23(21(25)14(3)4)9-8-18(16)26-19/h5-7,10-11,13-14H,8-9,12H2,1-4H3,(H,22,24). The van der Waals surface area contributed by atoms with Crippen LogP contribution in [0.4, 0.5) is 5.69 Å². The van der Waals surface area contributed by atoms with E-state index in [0.29, 0.717) is 13.1 Å². The number of carbonyl (C=O) groups excluding carboxylic acids is 2. The highest BCUT2D eigenvalue weighted by molar-refractivity contribution is 5.92. The lowest BCUT2D eigenvalue weighted by Crippen LogP contribution is -2.37. The third kappa shape index (κ3) is 3.82. The number of amides is 2. The molecule has 0 bridgehead atoms. The molecule has 1 aromatic carbocycles. The average molecular weight is 354 g/mol. The molecule has 0 saturated heterocycles. The van der Waals surface area contributed by atoms with Crippen molar-refractivity contribution in [2.45, 2.75) is 40.7 Å². The summed E-state index contributed by atoms with van der Waals surface area (Å²) in [5.74, 6) is 1.82. The molecule has 0 unspecified atom stereocenters. The minimum atomic E-state index is -0.0703. The van der Waals surface area contributed by atoms with E-state index in [0.717, 1.165) is 34.8 Å². The van der Waals surface area contributed by atoms with E-state index in [2.05, 4.69) is 5.32 Å². The van der Waals surface area contributed by atoms with Gasteiger partial charge in [-0.05, 0) is 18.2 Å². The van der Waals surface area contributed by atoms with Crippen molar-refractivity contribution < 1.29 is 14.0 Å². The number of benzene rings is 1. The first-order valence-electron chi connectivity index (χ1n) is 9.17. The fraction of sp³-hybridized carbons (Fsp3) is 0.429. The van der Waals surface area contributed by atoms with Gasteiger partial charge < -0.3 is 14.6 Å². The van der Waals surface area contributed by atoms with Crippen molar-refractivity contribution in [3.63, 3.8) is 0 Å². The first-order chi connectivity index (χ1) is 12.3. The van der Waals surface area contributed by atoms with Crippen molar-refractivity contribution in [2.75, 3.05) is 11.9 Å². The monoisotopic (exact) mass is 354 g/mol. The predicted octanol–water partition coefficient (Wildman–Crippen LogP) is 4.08. The van der Waals surface area contributed by atoms with E-state index >= 15 is 0 Å². The smallest absolute Gasteiger partial charge is 0.226 e. The number of furan rings is 1. The first kappa shape index (κ1) is 18.2.